The lowest BCUT2D eigenvalue weighted by Gasteiger charge is -2.21. The molecule has 8 heteroatoms. The first-order valence-corrected chi connectivity index (χ1v) is 10.8. The number of nitrogens with one attached hydrogen (secondary N) is 3. The summed E-state index contributed by atoms with van der Waals surface area (Å²) in [6, 6.07) is 5.98. The Balaban J connectivity index is 0.00000450. The van der Waals surface area contributed by atoms with E-state index in [4.69, 9.17) is 4.74 Å². The van der Waals surface area contributed by atoms with Crippen molar-refractivity contribution in [3.05, 3.63) is 35.6 Å². The van der Waals surface area contributed by atoms with Crippen LogP contribution in [0, 0.1) is 5.82 Å². The van der Waals surface area contributed by atoms with Gasteiger partial charge in [-0.25, -0.2) is 4.39 Å². The van der Waals surface area contributed by atoms with Gasteiger partial charge in [0.25, 0.3) is 0 Å². The van der Waals surface area contributed by atoms with Crippen LogP contribution < -0.4 is 16.0 Å². The maximum Gasteiger partial charge on any atom is 0.224 e. The minimum Gasteiger partial charge on any atom is -0.378 e. The molecule has 1 fully saturated rings. The first kappa shape index (κ1) is 26.6. The molecular weight excluding hydrogens is 498 g/mol. The highest BCUT2D eigenvalue weighted by atomic mass is 127. The van der Waals surface area contributed by atoms with Crippen molar-refractivity contribution in [3.8, 4) is 0 Å². The number of halogens is 2. The number of nitrogens with zero attached hydrogens (tertiary/aromatic N) is 1. The van der Waals surface area contributed by atoms with Crippen LogP contribution in [0.1, 0.15) is 51.0 Å². The third kappa shape index (κ3) is 11.7. The van der Waals surface area contributed by atoms with Gasteiger partial charge >= 0.3 is 0 Å². The van der Waals surface area contributed by atoms with Crippen LogP contribution in [0.15, 0.2) is 29.3 Å². The van der Waals surface area contributed by atoms with E-state index in [0.717, 1.165) is 31.1 Å². The van der Waals surface area contributed by atoms with E-state index in [0.29, 0.717) is 25.7 Å². The van der Waals surface area contributed by atoms with Gasteiger partial charge in [-0.3, -0.25) is 9.79 Å². The lowest BCUT2D eigenvalue weighted by molar-refractivity contribution is -0.120. The summed E-state index contributed by atoms with van der Waals surface area (Å²) in [5.41, 5.74) is 0.794. The average Bonchev–Trinajstić information content (AvgIpc) is 2.73. The van der Waals surface area contributed by atoms with E-state index in [9.17, 15) is 9.18 Å². The molecule has 0 spiro atoms. The number of aliphatic imine (C=N–C) groups is 1. The highest BCUT2D eigenvalue weighted by Gasteiger charge is 2.12. The maximum absolute atomic E-state index is 12.9. The van der Waals surface area contributed by atoms with E-state index in [1.54, 1.807) is 12.1 Å². The topological polar surface area (TPSA) is 74.8 Å². The maximum atomic E-state index is 12.9. The standard InChI is InChI=1S/C22H35FN4O2.HI/c1-2-24-22(26-13-6-16-29-20-7-4-3-5-8-20)27-15-14-25-21(28)17-18-9-11-19(23)12-10-18;/h9-12,20H,2-8,13-17H2,1H3,(H,25,28)(H2,24,26,27);1H. The van der Waals surface area contributed by atoms with Crippen molar-refractivity contribution in [1.29, 1.82) is 0 Å². The fourth-order valence-corrected chi connectivity index (χ4v) is 3.31. The number of hydrogen-bond donors (Lipinski definition) is 3. The van der Waals surface area contributed by atoms with E-state index < -0.39 is 0 Å². The molecule has 1 aromatic carbocycles. The molecule has 0 aromatic heterocycles. The highest BCUT2D eigenvalue weighted by Crippen LogP contribution is 2.20. The second kappa shape index (κ2) is 16.3. The summed E-state index contributed by atoms with van der Waals surface area (Å²) >= 11 is 0. The van der Waals surface area contributed by atoms with Crippen LogP contribution in [-0.4, -0.2) is 50.8 Å². The van der Waals surface area contributed by atoms with Crippen LogP contribution in [0.3, 0.4) is 0 Å². The molecular formula is C22H36FIN4O2. The minimum atomic E-state index is -0.297. The Kier molecular flexibility index (Phi) is 14.5. The number of rotatable bonds is 11. The quantitative estimate of drug-likeness (QED) is 0.176. The predicted octanol–water partition coefficient (Wildman–Crippen LogP) is 3.40. The van der Waals surface area contributed by atoms with Crippen molar-refractivity contribution in [1.82, 2.24) is 16.0 Å². The van der Waals surface area contributed by atoms with Gasteiger partial charge in [-0.05, 0) is 43.9 Å². The number of ether oxygens (including phenoxy) is 1. The Hall–Kier alpha value is -1.42. The first-order chi connectivity index (χ1) is 14.2. The fraction of sp³-hybridized carbons (Fsp3) is 0.636. The summed E-state index contributed by atoms with van der Waals surface area (Å²) in [6.07, 6.45) is 7.90. The van der Waals surface area contributed by atoms with E-state index >= 15 is 0 Å². The number of benzene rings is 1. The lowest BCUT2D eigenvalue weighted by Crippen LogP contribution is -2.41. The van der Waals surface area contributed by atoms with Crippen LogP contribution in [0.2, 0.25) is 0 Å². The molecule has 1 saturated carbocycles. The SMILES string of the molecule is CCNC(=NCCCOC1CCCCC1)NCCNC(=O)Cc1ccc(F)cc1.I. The molecule has 1 amide bonds. The Bertz CT molecular complexity index is 622. The molecule has 170 valence electrons. The zero-order valence-corrected chi connectivity index (χ0v) is 20.3. The Morgan fingerprint density at radius 2 is 1.80 bits per heavy atom. The number of carbonyl (C=O) groups excluding carboxylic acids is 1. The van der Waals surface area contributed by atoms with Crippen LogP contribution in [-0.2, 0) is 16.0 Å². The zero-order valence-electron chi connectivity index (χ0n) is 17.9. The van der Waals surface area contributed by atoms with E-state index in [1.165, 1.54) is 44.2 Å². The first-order valence-electron chi connectivity index (χ1n) is 10.8. The summed E-state index contributed by atoms with van der Waals surface area (Å²) in [7, 11) is 0. The molecule has 0 atom stereocenters. The molecule has 1 aliphatic rings. The van der Waals surface area contributed by atoms with Crippen molar-refractivity contribution in [2.75, 3.05) is 32.8 Å². The van der Waals surface area contributed by atoms with Crippen LogP contribution in [0.25, 0.3) is 0 Å². The fourth-order valence-electron chi connectivity index (χ4n) is 3.31. The second-order valence-electron chi connectivity index (χ2n) is 7.32. The Labute approximate surface area is 196 Å². The monoisotopic (exact) mass is 534 g/mol. The highest BCUT2D eigenvalue weighted by molar-refractivity contribution is 14.0. The molecule has 0 bridgehead atoms. The molecule has 6 nitrogen and oxygen atoms in total. The molecule has 1 aliphatic carbocycles. The van der Waals surface area contributed by atoms with Gasteiger partial charge in [-0.1, -0.05) is 31.4 Å². The summed E-state index contributed by atoms with van der Waals surface area (Å²) in [6.45, 7) is 5.34. The smallest absolute Gasteiger partial charge is 0.224 e. The summed E-state index contributed by atoms with van der Waals surface area (Å²) in [4.78, 5) is 16.5. The van der Waals surface area contributed by atoms with Gasteiger partial charge in [0.2, 0.25) is 5.91 Å². The third-order valence-electron chi connectivity index (χ3n) is 4.84. The van der Waals surface area contributed by atoms with Gasteiger partial charge in [0.1, 0.15) is 5.82 Å². The largest absolute Gasteiger partial charge is 0.378 e. The molecule has 0 aliphatic heterocycles. The molecule has 0 unspecified atom stereocenters. The zero-order chi connectivity index (χ0) is 20.7. The number of hydrogen-bond acceptors (Lipinski definition) is 3. The Morgan fingerprint density at radius 1 is 1.10 bits per heavy atom. The Morgan fingerprint density at radius 3 is 2.50 bits per heavy atom. The van der Waals surface area contributed by atoms with E-state index in [1.807, 2.05) is 6.92 Å². The number of amides is 1. The van der Waals surface area contributed by atoms with Gasteiger partial charge in [-0.15, -0.1) is 24.0 Å². The van der Waals surface area contributed by atoms with Crippen molar-refractivity contribution in [2.24, 2.45) is 4.99 Å². The average molecular weight is 534 g/mol. The molecule has 1 aromatic rings. The van der Waals surface area contributed by atoms with E-state index in [2.05, 4.69) is 20.9 Å². The van der Waals surface area contributed by atoms with Crippen LogP contribution in [0.5, 0.6) is 0 Å². The summed E-state index contributed by atoms with van der Waals surface area (Å²) < 4.78 is 18.8. The second-order valence-corrected chi connectivity index (χ2v) is 7.32. The van der Waals surface area contributed by atoms with Crippen molar-refractivity contribution in [3.63, 3.8) is 0 Å². The minimum absolute atomic E-state index is 0. The van der Waals surface area contributed by atoms with Crippen molar-refractivity contribution < 1.29 is 13.9 Å². The normalized spacial score (nSPS) is 14.7. The van der Waals surface area contributed by atoms with Gasteiger partial charge in [0.15, 0.2) is 5.96 Å². The van der Waals surface area contributed by atoms with Gasteiger partial charge in [-0.2, -0.15) is 0 Å². The molecule has 0 heterocycles. The number of guanidine groups is 1. The molecule has 0 radical (unpaired) electrons. The molecule has 2 rings (SSSR count). The predicted molar refractivity (Wildman–Crippen MR) is 130 cm³/mol. The number of carbonyl (C=O) groups is 1. The lowest BCUT2D eigenvalue weighted by atomic mass is 9.98. The molecule has 30 heavy (non-hydrogen) atoms. The summed E-state index contributed by atoms with van der Waals surface area (Å²) in [5, 5.41) is 9.29. The van der Waals surface area contributed by atoms with Crippen molar-refractivity contribution in [2.45, 2.75) is 58.0 Å². The molecule has 0 saturated heterocycles. The third-order valence-corrected chi connectivity index (χ3v) is 4.84. The van der Waals surface area contributed by atoms with Gasteiger partial charge in [0, 0.05) is 32.8 Å². The van der Waals surface area contributed by atoms with Crippen LogP contribution >= 0.6 is 24.0 Å². The van der Waals surface area contributed by atoms with Gasteiger partial charge < -0.3 is 20.7 Å². The van der Waals surface area contributed by atoms with E-state index in [-0.39, 0.29) is 42.1 Å². The summed E-state index contributed by atoms with van der Waals surface area (Å²) in [5.74, 6) is 0.368. The van der Waals surface area contributed by atoms with Gasteiger partial charge in [0.05, 0.1) is 12.5 Å². The van der Waals surface area contributed by atoms with Crippen molar-refractivity contribution >= 4 is 35.8 Å². The molecule has 3 N–H and O–H groups in total. The van der Waals surface area contributed by atoms with Crippen LogP contribution in [0.4, 0.5) is 4.39 Å².